The van der Waals surface area contributed by atoms with Crippen molar-refractivity contribution in [2.24, 2.45) is 0 Å². The molecule has 0 radical (unpaired) electrons. The number of hydrogen-bond donors (Lipinski definition) is 1. The summed E-state index contributed by atoms with van der Waals surface area (Å²) in [6.45, 7) is 2.18. The van der Waals surface area contributed by atoms with Crippen LogP contribution in [0.4, 0.5) is 5.00 Å². The number of fused-ring (bicyclic) bond motifs is 4. The topological polar surface area (TPSA) is 26.0 Å². The minimum atomic E-state index is -0.391. The van der Waals surface area contributed by atoms with E-state index in [0.29, 0.717) is 0 Å². The number of aryl methyl sites for hydroxylation is 5. The van der Waals surface area contributed by atoms with Gasteiger partial charge in [0.2, 0.25) is 0 Å². The molecule has 9 heteroatoms. The maximum atomic E-state index is 7.14. The molecule has 5 aromatic rings. The van der Waals surface area contributed by atoms with Gasteiger partial charge in [-0.05, 0) is 0 Å². The molecule has 0 spiro atoms. The molecule has 2 aliphatic rings. The zero-order valence-corrected chi connectivity index (χ0v) is 30.0. The Morgan fingerprint density at radius 1 is 0.658 bits per heavy atom. The number of halogens is 4. The average molecular weight is 843 g/mol. The summed E-state index contributed by atoms with van der Waals surface area (Å²) in [5.74, 6) is 0. The van der Waals surface area contributed by atoms with Crippen LogP contribution in [0.1, 0.15) is 64.3 Å². The van der Waals surface area contributed by atoms with Gasteiger partial charge in [-0.1, -0.05) is 0 Å². The zero-order valence-electron chi connectivity index (χ0n) is 20.9. The van der Waals surface area contributed by atoms with Crippen LogP contribution in [0, 0.1) is 19.8 Å². The molecule has 1 aromatic carbocycles. The number of hydrogen-bond acceptors (Lipinski definition) is 5. The van der Waals surface area contributed by atoms with Crippen molar-refractivity contribution in [3.05, 3.63) is 60.8 Å². The molecule has 202 valence electrons. The second-order valence-corrected chi connectivity index (χ2v) is 22.4. The fraction of sp³-hybridized carbons (Fsp3) is 0.379. The number of nitrogens with two attached hydrogens (primary N) is 1. The monoisotopic (exact) mass is 841 g/mol. The third-order valence-electron chi connectivity index (χ3n) is 7.53. The summed E-state index contributed by atoms with van der Waals surface area (Å²) in [7, 11) is 0. The van der Waals surface area contributed by atoms with Crippen LogP contribution in [0.25, 0.3) is 20.2 Å². The van der Waals surface area contributed by atoms with Gasteiger partial charge in [-0.3, -0.25) is 0 Å². The molecule has 4 heterocycles. The Bertz CT molecular complexity index is 1520. The predicted octanol–water partition coefficient (Wildman–Crippen LogP) is 4.23. The van der Waals surface area contributed by atoms with Gasteiger partial charge in [0, 0.05) is 0 Å². The molecule has 4 aromatic heterocycles. The molecule has 0 fully saturated rings. The number of benzene rings is 1. The summed E-state index contributed by atoms with van der Waals surface area (Å²) in [6.07, 6.45) is 13.0. The van der Waals surface area contributed by atoms with Crippen molar-refractivity contribution in [2.45, 2.75) is 71.1 Å². The van der Waals surface area contributed by atoms with E-state index in [-0.39, 0.29) is 0 Å². The summed E-state index contributed by atoms with van der Waals surface area (Å²) < 4.78 is 8.69. The van der Waals surface area contributed by atoms with E-state index in [9.17, 15) is 0 Å². The van der Waals surface area contributed by atoms with Gasteiger partial charge in [0.25, 0.3) is 0 Å². The molecule has 1 nitrogen and oxygen atoms in total. The Labute approximate surface area is 270 Å². The van der Waals surface area contributed by atoms with Crippen molar-refractivity contribution in [3.63, 3.8) is 0 Å². The standard InChI is InChI=1S/C29H27Cl2I2NS4/c1-14-23(30)21-25(32-19-12-15-8-4-2-6-10-17(15)36-19)28-22(24(31)29(34)38-28)26(27(21)35-14)33-20-13-16-9-5-3-7-11-18(16)37-20/h12-13H,2-11,34H2,1H3/q-2. The molecular weight excluding hydrogens is 815 g/mol. The predicted molar refractivity (Wildman–Crippen MR) is 162 cm³/mol. The van der Waals surface area contributed by atoms with Crippen LogP contribution in [-0.4, -0.2) is 0 Å². The van der Waals surface area contributed by atoms with E-state index < -0.39 is 42.4 Å². The maximum absolute atomic E-state index is 7.14. The third kappa shape index (κ3) is 4.90. The number of anilines is 1. The molecule has 0 amide bonds. The van der Waals surface area contributed by atoms with Crippen molar-refractivity contribution >= 4 is 93.7 Å². The Morgan fingerprint density at radius 2 is 1.16 bits per heavy atom. The van der Waals surface area contributed by atoms with E-state index in [1.54, 1.807) is 38.0 Å². The summed E-state index contributed by atoms with van der Waals surface area (Å²) in [5.41, 5.74) is 9.76. The van der Waals surface area contributed by atoms with Crippen LogP contribution in [0.5, 0.6) is 0 Å². The summed E-state index contributed by atoms with van der Waals surface area (Å²) in [4.78, 5) is 4.48. The number of thiophene rings is 4. The van der Waals surface area contributed by atoms with E-state index in [4.69, 9.17) is 28.9 Å². The van der Waals surface area contributed by atoms with Gasteiger partial charge in [0.15, 0.2) is 0 Å². The summed E-state index contributed by atoms with van der Waals surface area (Å²) in [5, 5.41) is 5.03. The van der Waals surface area contributed by atoms with E-state index in [1.807, 2.05) is 11.3 Å². The van der Waals surface area contributed by atoms with Crippen LogP contribution >= 0.6 is 68.5 Å². The molecule has 2 aliphatic carbocycles. The van der Waals surface area contributed by atoms with E-state index in [2.05, 4.69) is 41.7 Å². The second-order valence-electron chi connectivity index (χ2n) is 10.1. The van der Waals surface area contributed by atoms with Gasteiger partial charge in [-0.2, -0.15) is 0 Å². The van der Waals surface area contributed by atoms with Gasteiger partial charge in [0.05, 0.1) is 0 Å². The van der Waals surface area contributed by atoms with E-state index in [1.165, 1.54) is 96.4 Å². The van der Waals surface area contributed by atoms with Gasteiger partial charge in [-0.15, -0.1) is 0 Å². The summed E-state index contributed by atoms with van der Waals surface area (Å²) in [6, 6.07) is 5.06. The van der Waals surface area contributed by atoms with Crippen molar-refractivity contribution in [1.82, 2.24) is 0 Å². The average Bonchev–Trinajstić information content (AvgIpc) is 3.53. The Balaban J connectivity index is 1.40. The zero-order chi connectivity index (χ0) is 26.0. The molecule has 2 N–H and O–H groups in total. The first-order valence-corrected chi connectivity index (χ1v) is 21.5. The van der Waals surface area contributed by atoms with E-state index in [0.717, 1.165) is 15.0 Å². The quantitative estimate of drug-likeness (QED) is 0.213. The molecule has 38 heavy (non-hydrogen) atoms. The van der Waals surface area contributed by atoms with Crippen molar-refractivity contribution < 1.29 is 42.4 Å². The molecule has 0 saturated carbocycles. The van der Waals surface area contributed by atoms with Crippen LogP contribution < -0.4 is 48.1 Å². The van der Waals surface area contributed by atoms with Gasteiger partial charge in [0.1, 0.15) is 0 Å². The van der Waals surface area contributed by atoms with E-state index >= 15 is 0 Å². The van der Waals surface area contributed by atoms with Crippen molar-refractivity contribution in [1.29, 1.82) is 0 Å². The van der Waals surface area contributed by atoms with Gasteiger partial charge in [-0.25, -0.2) is 0 Å². The van der Waals surface area contributed by atoms with Crippen LogP contribution in [0.3, 0.4) is 0 Å². The normalized spacial score (nSPS) is 16.3. The van der Waals surface area contributed by atoms with Gasteiger partial charge >= 0.3 is 274 Å². The molecule has 0 saturated heterocycles. The van der Waals surface area contributed by atoms with Crippen molar-refractivity contribution in [2.75, 3.05) is 5.73 Å². The van der Waals surface area contributed by atoms with Crippen LogP contribution in [-0.2, 0) is 25.7 Å². The Morgan fingerprint density at radius 3 is 1.74 bits per heavy atom. The second kappa shape index (κ2) is 11.2. The number of nitrogen functional groups attached to an aromatic ring is 1. The van der Waals surface area contributed by atoms with Gasteiger partial charge < -0.3 is 0 Å². The first-order valence-electron chi connectivity index (χ1n) is 13.1. The first kappa shape index (κ1) is 27.2. The fourth-order valence-electron chi connectivity index (χ4n) is 5.60. The van der Waals surface area contributed by atoms with Crippen LogP contribution in [0.15, 0.2) is 12.1 Å². The molecule has 7 rings (SSSR count). The van der Waals surface area contributed by atoms with Crippen LogP contribution in [0.2, 0.25) is 10.0 Å². The third-order valence-corrected chi connectivity index (χ3v) is 20.8. The molecule has 0 bridgehead atoms. The first-order chi connectivity index (χ1) is 18.5. The molecule has 0 unspecified atom stereocenters. The Kier molecular flexibility index (Phi) is 8.04. The molecule has 0 aliphatic heterocycles. The minimum absolute atomic E-state index is 0.391. The fourth-order valence-corrected chi connectivity index (χ4v) is 20.2. The molecular formula is C29H27Cl2I2NS4-2. The molecule has 0 atom stereocenters. The SMILES string of the molecule is Cc1sc2c([I-]c3cc4c(s3)CCCCC4)c3c(Cl)c(N)sc3c([I-]c3cc4c(s3)CCCCC4)c2c1Cl. The summed E-state index contributed by atoms with van der Waals surface area (Å²) >= 11 is 21.1. The Hall–Kier alpha value is 0.380. The number of rotatable bonds is 4. The van der Waals surface area contributed by atoms with Crippen molar-refractivity contribution in [3.8, 4) is 0 Å².